The highest BCUT2D eigenvalue weighted by molar-refractivity contribution is 5.82. The van der Waals surface area contributed by atoms with E-state index in [0.717, 1.165) is 12.8 Å². The van der Waals surface area contributed by atoms with E-state index in [1.165, 1.54) is 12.2 Å². The summed E-state index contributed by atoms with van der Waals surface area (Å²) >= 11 is 0. The van der Waals surface area contributed by atoms with E-state index < -0.39 is 11.6 Å². The summed E-state index contributed by atoms with van der Waals surface area (Å²) in [6.45, 7) is 7.59. The van der Waals surface area contributed by atoms with Crippen LogP contribution in [0.15, 0.2) is 24.3 Å². The summed E-state index contributed by atoms with van der Waals surface area (Å²) in [5, 5.41) is 10.3. The van der Waals surface area contributed by atoms with Gasteiger partial charge in [-0.25, -0.2) is 4.79 Å². The van der Waals surface area contributed by atoms with E-state index in [1.54, 1.807) is 26.2 Å². The first-order valence-corrected chi connectivity index (χ1v) is 8.20. The molecular weight excluding hydrogens is 296 g/mol. The van der Waals surface area contributed by atoms with Crippen molar-refractivity contribution in [2.45, 2.75) is 70.1 Å². The summed E-state index contributed by atoms with van der Waals surface area (Å²) in [6.07, 6.45) is 7.62. The molecular formula is C18H28O5. The highest BCUT2D eigenvalue weighted by atomic mass is 16.6. The van der Waals surface area contributed by atoms with Gasteiger partial charge in [-0.3, -0.25) is 0 Å². The molecule has 6 atom stereocenters. The Kier molecular flexibility index (Phi) is 5.33. The highest BCUT2D eigenvalue weighted by Gasteiger charge is 2.57. The number of hydrogen-bond donors (Lipinski definition) is 1. The zero-order valence-electron chi connectivity index (χ0n) is 14.6. The average molecular weight is 324 g/mol. The van der Waals surface area contributed by atoms with Crippen LogP contribution in [0.4, 0.5) is 0 Å². The second-order valence-corrected chi connectivity index (χ2v) is 7.06. The maximum absolute atomic E-state index is 11.8. The lowest BCUT2D eigenvalue weighted by Gasteiger charge is -2.22. The molecule has 130 valence electrons. The molecule has 5 nitrogen and oxygen atoms in total. The van der Waals surface area contributed by atoms with Crippen molar-refractivity contribution in [1.82, 2.24) is 0 Å². The monoisotopic (exact) mass is 324 g/mol. The van der Waals surface area contributed by atoms with E-state index in [9.17, 15) is 9.90 Å². The Hall–Kier alpha value is -1.17. The second kappa shape index (κ2) is 6.75. The maximum atomic E-state index is 11.8. The van der Waals surface area contributed by atoms with Crippen molar-refractivity contribution >= 4 is 5.97 Å². The van der Waals surface area contributed by atoms with Crippen LogP contribution in [0.1, 0.15) is 40.5 Å². The normalized spacial score (nSPS) is 46.4. The Balaban J connectivity index is 2.23. The predicted molar refractivity (Wildman–Crippen MR) is 86.9 cm³/mol. The third-order valence-electron chi connectivity index (χ3n) is 4.95. The van der Waals surface area contributed by atoms with Crippen molar-refractivity contribution in [3.8, 4) is 0 Å². The number of hydrogen-bond acceptors (Lipinski definition) is 5. The van der Waals surface area contributed by atoms with Gasteiger partial charge in [0.15, 0.2) is 0 Å². The molecule has 2 aliphatic rings. The molecule has 2 rings (SSSR count). The lowest BCUT2D eigenvalue weighted by Crippen LogP contribution is -2.31. The van der Waals surface area contributed by atoms with Crippen LogP contribution in [0.25, 0.3) is 0 Å². The largest absolute Gasteiger partial charge is 0.459 e. The molecule has 0 aromatic rings. The number of cyclic esters (lactones) is 1. The van der Waals surface area contributed by atoms with Crippen molar-refractivity contribution in [3.63, 3.8) is 0 Å². The third kappa shape index (κ3) is 4.43. The Morgan fingerprint density at radius 1 is 1.26 bits per heavy atom. The molecule has 0 radical (unpaired) electrons. The topological polar surface area (TPSA) is 68.3 Å². The van der Waals surface area contributed by atoms with Gasteiger partial charge in [-0.15, -0.1) is 0 Å². The summed E-state index contributed by atoms with van der Waals surface area (Å²) in [6, 6.07) is 0. The lowest BCUT2D eigenvalue weighted by atomic mass is 9.91. The van der Waals surface area contributed by atoms with Crippen molar-refractivity contribution < 1.29 is 24.1 Å². The highest BCUT2D eigenvalue weighted by Crippen LogP contribution is 2.44. The van der Waals surface area contributed by atoms with Gasteiger partial charge < -0.3 is 19.3 Å². The van der Waals surface area contributed by atoms with E-state index in [4.69, 9.17) is 14.2 Å². The first-order chi connectivity index (χ1) is 10.7. The molecule has 0 aromatic carbocycles. The first-order valence-electron chi connectivity index (χ1n) is 8.20. The van der Waals surface area contributed by atoms with Gasteiger partial charge in [-0.2, -0.15) is 0 Å². The van der Waals surface area contributed by atoms with Gasteiger partial charge in [-0.05, 0) is 45.6 Å². The Morgan fingerprint density at radius 3 is 2.61 bits per heavy atom. The molecule has 2 aliphatic heterocycles. The second-order valence-electron chi connectivity index (χ2n) is 7.06. The van der Waals surface area contributed by atoms with Crippen molar-refractivity contribution in [2.24, 2.45) is 5.92 Å². The molecule has 1 saturated heterocycles. The van der Waals surface area contributed by atoms with Crippen LogP contribution in [0.2, 0.25) is 0 Å². The Bertz CT molecular complexity index is 496. The number of esters is 1. The number of carbonyl (C=O) groups is 1. The molecule has 0 amide bonds. The fourth-order valence-electron chi connectivity index (χ4n) is 2.93. The van der Waals surface area contributed by atoms with Crippen LogP contribution in [-0.2, 0) is 19.0 Å². The standard InChI is InChI=1S/C18H28O5/c1-12-6-7-15-18(4,23-15)14(21-5)8-10-17(3,20)11-9-16(19)22-13(12)2/h8-15,20H,6-7H2,1-5H3/b10-8?,11-9+/t12-,13+,14?,15?,17+,18?/m0/s1. The van der Waals surface area contributed by atoms with Gasteiger partial charge in [0, 0.05) is 13.2 Å². The summed E-state index contributed by atoms with van der Waals surface area (Å²) in [4.78, 5) is 11.8. The molecule has 2 heterocycles. The van der Waals surface area contributed by atoms with Gasteiger partial charge in [0.1, 0.15) is 17.8 Å². The van der Waals surface area contributed by atoms with E-state index in [-0.39, 0.29) is 29.8 Å². The van der Waals surface area contributed by atoms with Gasteiger partial charge in [-0.1, -0.05) is 19.1 Å². The predicted octanol–water partition coefficient (Wildman–Crippen LogP) is 2.38. The zero-order chi connectivity index (χ0) is 17.3. The summed E-state index contributed by atoms with van der Waals surface area (Å²) < 4.78 is 16.8. The van der Waals surface area contributed by atoms with Crippen LogP contribution in [0, 0.1) is 5.92 Å². The van der Waals surface area contributed by atoms with Crippen molar-refractivity contribution in [2.75, 3.05) is 7.11 Å². The van der Waals surface area contributed by atoms with Gasteiger partial charge in [0.2, 0.25) is 0 Å². The van der Waals surface area contributed by atoms with E-state index in [1.807, 2.05) is 13.8 Å². The van der Waals surface area contributed by atoms with Gasteiger partial charge >= 0.3 is 5.97 Å². The number of rotatable bonds is 1. The van der Waals surface area contributed by atoms with Crippen LogP contribution in [0.3, 0.4) is 0 Å². The molecule has 0 bridgehead atoms. The quantitative estimate of drug-likeness (QED) is 0.456. The molecule has 3 unspecified atom stereocenters. The van der Waals surface area contributed by atoms with Gasteiger partial charge in [0.05, 0.1) is 11.7 Å². The zero-order valence-corrected chi connectivity index (χ0v) is 14.6. The fraction of sp³-hybridized carbons (Fsp3) is 0.722. The fourth-order valence-corrected chi connectivity index (χ4v) is 2.93. The molecule has 0 aromatic heterocycles. The molecule has 23 heavy (non-hydrogen) atoms. The van der Waals surface area contributed by atoms with E-state index in [0.29, 0.717) is 0 Å². The number of fused-ring (bicyclic) bond motifs is 1. The minimum absolute atomic E-state index is 0.117. The third-order valence-corrected chi connectivity index (χ3v) is 4.95. The van der Waals surface area contributed by atoms with Crippen molar-refractivity contribution in [3.05, 3.63) is 24.3 Å². The van der Waals surface area contributed by atoms with E-state index >= 15 is 0 Å². The van der Waals surface area contributed by atoms with Crippen LogP contribution in [0.5, 0.6) is 0 Å². The molecule has 5 heteroatoms. The summed E-state index contributed by atoms with van der Waals surface area (Å²) in [7, 11) is 1.63. The number of carbonyl (C=O) groups excluding carboxylic acids is 1. The van der Waals surface area contributed by atoms with Crippen LogP contribution in [-0.4, -0.2) is 47.7 Å². The smallest absolute Gasteiger partial charge is 0.330 e. The number of epoxide rings is 1. The minimum Gasteiger partial charge on any atom is -0.459 e. The maximum Gasteiger partial charge on any atom is 0.330 e. The molecule has 0 spiro atoms. The van der Waals surface area contributed by atoms with Gasteiger partial charge in [0.25, 0.3) is 0 Å². The molecule has 0 saturated carbocycles. The van der Waals surface area contributed by atoms with Crippen LogP contribution >= 0.6 is 0 Å². The van der Waals surface area contributed by atoms with Crippen molar-refractivity contribution in [1.29, 1.82) is 0 Å². The Morgan fingerprint density at radius 2 is 1.96 bits per heavy atom. The minimum atomic E-state index is -1.25. The SMILES string of the molecule is COC1C=C[C@@](C)(O)/C=C/C(=O)O[C@H](C)[C@@H](C)CCC2OC12C. The first kappa shape index (κ1) is 18.2. The molecule has 0 aliphatic carbocycles. The number of methoxy groups -OCH3 is 1. The summed E-state index contributed by atoms with van der Waals surface area (Å²) in [5.74, 6) is -0.202. The summed E-state index contributed by atoms with van der Waals surface area (Å²) in [5.41, 5.74) is -1.62. The molecule has 1 N–H and O–H groups in total. The number of ether oxygens (including phenoxy) is 3. The van der Waals surface area contributed by atoms with E-state index in [2.05, 4.69) is 6.92 Å². The number of aliphatic hydroxyl groups is 1. The lowest BCUT2D eigenvalue weighted by molar-refractivity contribution is -0.144. The van der Waals surface area contributed by atoms with Crippen LogP contribution < -0.4 is 0 Å². The molecule has 1 fully saturated rings. The average Bonchev–Trinajstić information content (AvgIpc) is 3.14. The Labute approximate surface area is 138 Å².